The molecule has 3 rings (SSSR count). The van der Waals surface area contributed by atoms with Gasteiger partial charge in [-0.25, -0.2) is 0 Å². The fourth-order valence-corrected chi connectivity index (χ4v) is 2.57. The molecular formula is C14H9N3O7. The van der Waals surface area contributed by atoms with E-state index in [0.717, 1.165) is 12.1 Å². The van der Waals surface area contributed by atoms with Crippen molar-refractivity contribution in [3.05, 3.63) is 73.7 Å². The zero-order valence-electron chi connectivity index (χ0n) is 11.9. The van der Waals surface area contributed by atoms with Crippen molar-refractivity contribution in [3.8, 4) is 0 Å². The average Bonchev–Trinajstić information content (AvgIpc) is 3.14. The Labute approximate surface area is 133 Å². The second-order valence-corrected chi connectivity index (χ2v) is 5.01. The van der Waals surface area contributed by atoms with Crippen molar-refractivity contribution in [2.24, 2.45) is 0 Å². The molecule has 10 heteroatoms. The van der Waals surface area contributed by atoms with Gasteiger partial charge < -0.3 is 4.42 Å². The van der Waals surface area contributed by atoms with Gasteiger partial charge in [0.2, 0.25) is 6.54 Å². The first-order valence-corrected chi connectivity index (χ1v) is 6.71. The lowest BCUT2D eigenvalue weighted by molar-refractivity contribution is -0.486. The summed E-state index contributed by atoms with van der Waals surface area (Å²) in [5.41, 5.74) is -0.541. The van der Waals surface area contributed by atoms with Crippen LogP contribution in [-0.4, -0.2) is 33.1 Å². The fourth-order valence-electron chi connectivity index (χ4n) is 2.57. The number of imide groups is 1. The normalized spacial score (nSPS) is 14.6. The number of nitro benzene ring substituents is 1. The summed E-state index contributed by atoms with van der Waals surface area (Å²) in [7, 11) is 0. The number of rotatable bonds is 5. The van der Waals surface area contributed by atoms with Gasteiger partial charge >= 0.3 is 0 Å². The number of amides is 2. The van der Waals surface area contributed by atoms with Crippen molar-refractivity contribution in [2.75, 3.05) is 6.54 Å². The smallest absolute Gasteiger partial charge is 0.270 e. The van der Waals surface area contributed by atoms with Gasteiger partial charge in [0.25, 0.3) is 17.5 Å². The highest BCUT2D eigenvalue weighted by atomic mass is 16.6. The maximum atomic E-state index is 12.5. The van der Waals surface area contributed by atoms with Gasteiger partial charge in [0.05, 0.1) is 22.3 Å². The molecule has 24 heavy (non-hydrogen) atoms. The molecule has 0 saturated heterocycles. The molecule has 1 atom stereocenters. The molecule has 2 amide bonds. The van der Waals surface area contributed by atoms with E-state index in [-0.39, 0.29) is 22.6 Å². The molecule has 1 aliphatic rings. The van der Waals surface area contributed by atoms with Crippen LogP contribution in [0.3, 0.4) is 0 Å². The predicted octanol–water partition coefficient (Wildman–Crippen LogP) is 1.80. The van der Waals surface area contributed by atoms with E-state index in [9.17, 15) is 29.8 Å². The summed E-state index contributed by atoms with van der Waals surface area (Å²) < 4.78 is 5.11. The van der Waals surface area contributed by atoms with Gasteiger partial charge in [0.15, 0.2) is 6.04 Å². The number of carbonyl (C=O) groups excluding carboxylic acids is 2. The quantitative estimate of drug-likeness (QED) is 0.462. The minimum atomic E-state index is -1.23. The van der Waals surface area contributed by atoms with Crippen molar-refractivity contribution in [3.63, 3.8) is 0 Å². The van der Waals surface area contributed by atoms with Gasteiger partial charge in [-0.15, -0.1) is 0 Å². The number of nitrogens with zero attached hydrogens (tertiary/aromatic N) is 3. The standard InChI is InChI=1S/C14H9N3O7/c18-13-9-4-3-8(17(22)23)6-10(9)14(19)16(13)11(7-15(20)21)12-2-1-5-24-12/h1-6,11H,7H2. The van der Waals surface area contributed by atoms with Crippen molar-refractivity contribution >= 4 is 17.5 Å². The number of carbonyl (C=O) groups is 2. The zero-order valence-corrected chi connectivity index (χ0v) is 11.9. The van der Waals surface area contributed by atoms with Crippen molar-refractivity contribution < 1.29 is 23.9 Å². The third-order valence-electron chi connectivity index (χ3n) is 3.62. The zero-order chi connectivity index (χ0) is 17.4. The SMILES string of the molecule is O=C1c2ccc([N+](=O)[O-])cc2C(=O)N1C(C[N+](=O)[O-])c1ccco1. The fraction of sp³-hybridized carbons (Fsp3) is 0.143. The van der Waals surface area contributed by atoms with Crippen LogP contribution in [0.5, 0.6) is 0 Å². The van der Waals surface area contributed by atoms with E-state index in [4.69, 9.17) is 4.42 Å². The van der Waals surface area contributed by atoms with Gasteiger partial charge in [-0.1, -0.05) is 0 Å². The lowest BCUT2D eigenvalue weighted by Gasteiger charge is -2.20. The van der Waals surface area contributed by atoms with E-state index in [1.807, 2.05) is 0 Å². The molecule has 1 aliphatic heterocycles. The van der Waals surface area contributed by atoms with Gasteiger partial charge in [0.1, 0.15) is 5.76 Å². The average molecular weight is 331 g/mol. The van der Waals surface area contributed by atoms with Crippen LogP contribution in [0, 0.1) is 20.2 Å². The first kappa shape index (κ1) is 15.3. The van der Waals surface area contributed by atoms with Crippen LogP contribution in [0.4, 0.5) is 5.69 Å². The number of fused-ring (bicyclic) bond motifs is 1. The highest BCUT2D eigenvalue weighted by Crippen LogP contribution is 2.33. The Hall–Kier alpha value is -3.56. The van der Waals surface area contributed by atoms with Crippen molar-refractivity contribution in [1.29, 1.82) is 0 Å². The molecular weight excluding hydrogens is 322 g/mol. The molecule has 2 aromatic rings. The maximum Gasteiger partial charge on any atom is 0.270 e. The highest BCUT2D eigenvalue weighted by molar-refractivity contribution is 6.21. The lowest BCUT2D eigenvalue weighted by atomic mass is 10.1. The number of benzene rings is 1. The largest absolute Gasteiger partial charge is 0.467 e. The van der Waals surface area contributed by atoms with Gasteiger partial charge in [-0.2, -0.15) is 0 Å². The van der Waals surface area contributed by atoms with Crippen LogP contribution < -0.4 is 0 Å². The summed E-state index contributed by atoms with van der Waals surface area (Å²) in [5.74, 6) is -1.51. The molecule has 1 aromatic carbocycles. The molecule has 0 fully saturated rings. The minimum absolute atomic E-state index is 0.0366. The van der Waals surface area contributed by atoms with Gasteiger partial charge in [0, 0.05) is 17.1 Å². The summed E-state index contributed by atoms with van der Waals surface area (Å²) >= 11 is 0. The van der Waals surface area contributed by atoms with Crippen LogP contribution in [0.15, 0.2) is 41.0 Å². The van der Waals surface area contributed by atoms with Crippen LogP contribution in [0.25, 0.3) is 0 Å². The summed E-state index contributed by atoms with van der Waals surface area (Å²) in [6.45, 7) is -0.735. The molecule has 0 N–H and O–H groups in total. The first-order chi connectivity index (χ1) is 11.4. The van der Waals surface area contributed by atoms with Crippen LogP contribution in [0.1, 0.15) is 32.5 Å². The molecule has 0 aliphatic carbocycles. The monoisotopic (exact) mass is 331 g/mol. The van der Waals surface area contributed by atoms with Gasteiger partial charge in [-0.3, -0.25) is 34.7 Å². The second-order valence-electron chi connectivity index (χ2n) is 5.01. The third-order valence-corrected chi connectivity index (χ3v) is 3.62. The van der Waals surface area contributed by atoms with Crippen molar-refractivity contribution in [1.82, 2.24) is 4.90 Å². The number of non-ortho nitro benzene ring substituents is 1. The van der Waals surface area contributed by atoms with Crippen LogP contribution in [-0.2, 0) is 0 Å². The number of furan rings is 1. The van der Waals surface area contributed by atoms with E-state index in [1.165, 1.54) is 24.5 Å². The van der Waals surface area contributed by atoms with Gasteiger partial charge in [-0.05, 0) is 18.2 Å². The first-order valence-electron chi connectivity index (χ1n) is 6.71. The number of nitro groups is 2. The molecule has 0 spiro atoms. The molecule has 0 bridgehead atoms. The molecule has 1 unspecified atom stereocenters. The van der Waals surface area contributed by atoms with E-state index >= 15 is 0 Å². The Balaban J connectivity index is 2.05. The minimum Gasteiger partial charge on any atom is -0.467 e. The molecule has 2 heterocycles. The number of hydrogen-bond acceptors (Lipinski definition) is 7. The lowest BCUT2D eigenvalue weighted by Crippen LogP contribution is -2.37. The Morgan fingerprint density at radius 3 is 2.38 bits per heavy atom. The highest BCUT2D eigenvalue weighted by Gasteiger charge is 2.44. The summed E-state index contributed by atoms with van der Waals surface area (Å²) in [6, 6.07) is 4.91. The summed E-state index contributed by atoms with van der Waals surface area (Å²) in [4.78, 5) is 46.1. The third kappa shape index (κ3) is 2.39. The summed E-state index contributed by atoms with van der Waals surface area (Å²) in [6.07, 6.45) is 1.27. The predicted molar refractivity (Wildman–Crippen MR) is 76.9 cm³/mol. The van der Waals surface area contributed by atoms with Crippen molar-refractivity contribution in [2.45, 2.75) is 6.04 Å². The Morgan fingerprint density at radius 1 is 1.08 bits per heavy atom. The van der Waals surface area contributed by atoms with E-state index in [1.54, 1.807) is 0 Å². The second kappa shape index (κ2) is 5.57. The molecule has 0 saturated carbocycles. The molecule has 1 aromatic heterocycles. The Bertz CT molecular complexity index is 859. The molecule has 10 nitrogen and oxygen atoms in total. The van der Waals surface area contributed by atoms with E-state index in [2.05, 4.69) is 0 Å². The Morgan fingerprint density at radius 2 is 1.79 bits per heavy atom. The Kier molecular flexibility index (Phi) is 3.56. The van der Waals surface area contributed by atoms with Crippen LogP contribution >= 0.6 is 0 Å². The van der Waals surface area contributed by atoms with E-state index in [0.29, 0.717) is 4.90 Å². The van der Waals surface area contributed by atoms with Crippen LogP contribution in [0.2, 0.25) is 0 Å². The topological polar surface area (TPSA) is 137 Å². The maximum absolute atomic E-state index is 12.5. The molecule has 0 radical (unpaired) electrons. The number of hydrogen-bond donors (Lipinski definition) is 0. The molecule has 122 valence electrons. The van der Waals surface area contributed by atoms with E-state index < -0.39 is 34.2 Å². The summed E-state index contributed by atoms with van der Waals surface area (Å²) in [5, 5.41) is 21.7.